The van der Waals surface area contributed by atoms with Crippen molar-refractivity contribution in [1.82, 2.24) is 0 Å². The first-order valence-electron chi connectivity index (χ1n) is 12.7. The van der Waals surface area contributed by atoms with E-state index in [0.717, 1.165) is 11.1 Å². The summed E-state index contributed by atoms with van der Waals surface area (Å²) >= 11 is 0. The van der Waals surface area contributed by atoms with E-state index in [1.807, 2.05) is 6.07 Å². The van der Waals surface area contributed by atoms with Gasteiger partial charge in [0.15, 0.2) is 0 Å². The average molecular weight is 472 g/mol. The van der Waals surface area contributed by atoms with E-state index < -0.39 is 0 Å². The van der Waals surface area contributed by atoms with Gasteiger partial charge in [0, 0.05) is 11.1 Å². The lowest BCUT2D eigenvalue weighted by Gasteiger charge is -2.21. The highest BCUT2D eigenvalue weighted by atomic mass is 14.5. The molecule has 0 spiro atoms. The van der Waals surface area contributed by atoms with Gasteiger partial charge in [-0.25, -0.2) is 0 Å². The molecule has 0 unspecified atom stereocenters. The maximum atomic E-state index is 6.45. The molecule has 0 aromatic heterocycles. The highest BCUT2D eigenvalue weighted by molar-refractivity contribution is 6.27. The van der Waals surface area contributed by atoms with Crippen LogP contribution in [0.5, 0.6) is 0 Å². The minimum absolute atomic E-state index is 0.820. The summed E-state index contributed by atoms with van der Waals surface area (Å²) in [5.74, 6) is 0. The fraction of sp³-hybridized carbons (Fsp3) is 0. The van der Waals surface area contributed by atoms with Crippen LogP contribution in [0.2, 0.25) is 0 Å². The van der Waals surface area contributed by atoms with Gasteiger partial charge in [-0.05, 0) is 66.4 Å². The van der Waals surface area contributed by atoms with Crippen molar-refractivity contribution in [2.45, 2.75) is 0 Å². The second-order valence-electron chi connectivity index (χ2n) is 9.54. The topological polar surface area (TPSA) is 26.0 Å². The molecule has 0 atom stereocenters. The predicted molar refractivity (Wildman–Crippen MR) is 159 cm³/mol. The fourth-order valence-corrected chi connectivity index (χ4v) is 5.75. The van der Waals surface area contributed by atoms with Crippen LogP contribution in [0.4, 0.5) is 5.69 Å². The highest BCUT2D eigenvalue weighted by Gasteiger charge is 2.20. The van der Waals surface area contributed by atoms with Crippen molar-refractivity contribution in [2.24, 2.45) is 0 Å². The number of benzene rings is 7. The summed E-state index contributed by atoms with van der Waals surface area (Å²) in [5, 5.41) is 7.32. The Bertz CT molecular complexity index is 1860. The Hall–Kier alpha value is -4.88. The number of nitrogens with two attached hydrogens (primary N) is 1. The molecular formula is C36H25N. The Morgan fingerprint density at radius 2 is 0.811 bits per heavy atom. The lowest BCUT2D eigenvalue weighted by molar-refractivity contribution is 1.52. The molecule has 0 aliphatic rings. The second kappa shape index (κ2) is 8.65. The average Bonchev–Trinajstić information content (AvgIpc) is 2.97. The lowest BCUT2D eigenvalue weighted by atomic mass is 9.82. The van der Waals surface area contributed by atoms with Gasteiger partial charge < -0.3 is 5.73 Å². The minimum Gasteiger partial charge on any atom is -0.398 e. The van der Waals surface area contributed by atoms with E-state index in [1.54, 1.807) is 0 Å². The summed E-state index contributed by atoms with van der Waals surface area (Å²) in [6.07, 6.45) is 0. The Morgan fingerprint density at radius 1 is 0.378 bits per heavy atom. The van der Waals surface area contributed by atoms with Gasteiger partial charge in [0.25, 0.3) is 0 Å². The number of rotatable bonds is 4. The molecule has 7 aromatic carbocycles. The zero-order valence-electron chi connectivity index (χ0n) is 20.4. The standard InChI is InChI=1S/C36H25N/c37-32-23-19-28-17-21-30-29(20-16-27-18-22-31(32)36(28)35(27)30)34(26-14-8-3-9-15-26)33(24-10-4-1-5-11-24)25-12-6-2-7-13-25/h1-23H,37H2. The van der Waals surface area contributed by atoms with Gasteiger partial charge >= 0.3 is 0 Å². The van der Waals surface area contributed by atoms with Crippen molar-refractivity contribution in [2.75, 3.05) is 5.73 Å². The van der Waals surface area contributed by atoms with E-state index in [9.17, 15) is 0 Å². The monoisotopic (exact) mass is 471 g/mol. The van der Waals surface area contributed by atoms with Gasteiger partial charge in [0.1, 0.15) is 0 Å². The van der Waals surface area contributed by atoms with Crippen LogP contribution in [0, 0.1) is 0 Å². The highest BCUT2D eigenvalue weighted by Crippen LogP contribution is 2.43. The summed E-state index contributed by atoms with van der Waals surface area (Å²) in [7, 11) is 0. The van der Waals surface area contributed by atoms with Gasteiger partial charge in [-0.15, -0.1) is 0 Å². The lowest BCUT2D eigenvalue weighted by Crippen LogP contribution is -1.99. The predicted octanol–water partition coefficient (Wildman–Crippen LogP) is 9.17. The zero-order chi connectivity index (χ0) is 24.8. The molecule has 0 saturated heterocycles. The largest absolute Gasteiger partial charge is 0.398 e. The third-order valence-electron chi connectivity index (χ3n) is 7.41. The van der Waals surface area contributed by atoms with Crippen LogP contribution in [0.1, 0.15) is 22.3 Å². The van der Waals surface area contributed by atoms with Gasteiger partial charge in [-0.2, -0.15) is 0 Å². The molecule has 0 aliphatic carbocycles. The van der Waals surface area contributed by atoms with Crippen molar-refractivity contribution in [1.29, 1.82) is 0 Å². The van der Waals surface area contributed by atoms with Crippen LogP contribution in [-0.4, -0.2) is 0 Å². The van der Waals surface area contributed by atoms with E-state index >= 15 is 0 Å². The first kappa shape index (κ1) is 21.4. The van der Waals surface area contributed by atoms with Gasteiger partial charge in [0.05, 0.1) is 0 Å². The quantitative estimate of drug-likeness (QED) is 0.155. The molecule has 0 saturated carbocycles. The molecule has 0 heterocycles. The molecule has 37 heavy (non-hydrogen) atoms. The maximum Gasteiger partial charge on any atom is 0.0394 e. The number of nitrogen functional groups attached to an aromatic ring is 1. The summed E-state index contributed by atoms with van der Waals surface area (Å²) in [6, 6.07) is 49.8. The smallest absolute Gasteiger partial charge is 0.0394 e. The molecule has 0 fully saturated rings. The summed E-state index contributed by atoms with van der Waals surface area (Å²) in [6.45, 7) is 0. The molecule has 174 valence electrons. The first-order valence-corrected chi connectivity index (χ1v) is 12.7. The fourth-order valence-electron chi connectivity index (χ4n) is 5.75. The van der Waals surface area contributed by atoms with Gasteiger partial charge in [0.2, 0.25) is 0 Å². The molecule has 0 aliphatic heterocycles. The van der Waals surface area contributed by atoms with Gasteiger partial charge in [-0.3, -0.25) is 0 Å². The number of hydrogen-bond donors (Lipinski definition) is 1. The second-order valence-corrected chi connectivity index (χ2v) is 9.54. The van der Waals surface area contributed by atoms with Crippen LogP contribution in [0.15, 0.2) is 140 Å². The summed E-state index contributed by atoms with van der Waals surface area (Å²) < 4.78 is 0. The molecule has 7 aromatic rings. The molecule has 0 amide bonds. The number of hydrogen-bond acceptors (Lipinski definition) is 1. The van der Waals surface area contributed by atoms with Crippen molar-refractivity contribution in [3.63, 3.8) is 0 Å². The molecule has 7 rings (SSSR count). The number of anilines is 1. The van der Waals surface area contributed by atoms with Crippen LogP contribution >= 0.6 is 0 Å². The van der Waals surface area contributed by atoms with E-state index in [4.69, 9.17) is 5.73 Å². The molecule has 1 heteroatoms. The van der Waals surface area contributed by atoms with Crippen molar-refractivity contribution < 1.29 is 0 Å². The Kier molecular flexibility index (Phi) is 5.01. The third-order valence-corrected chi connectivity index (χ3v) is 7.41. The Morgan fingerprint density at radius 3 is 1.38 bits per heavy atom. The molecule has 0 bridgehead atoms. The Labute approximate surface area is 216 Å². The zero-order valence-corrected chi connectivity index (χ0v) is 20.4. The molecular weight excluding hydrogens is 446 g/mol. The molecule has 2 N–H and O–H groups in total. The van der Waals surface area contributed by atoms with Gasteiger partial charge in [-0.1, -0.05) is 133 Å². The van der Waals surface area contributed by atoms with Crippen LogP contribution in [0.3, 0.4) is 0 Å². The third kappa shape index (κ3) is 3.48. The van der Waals surface area contributed by atoms with E-state index in [0.29, 0.717) is 0 Å². The van der Waals surface area contributed by atoms with Crippen LogP contribution in [0.25, 0.3) is 43.5 Å². The van der Waals surface area contributed by atoms with Crippen molar-refractivity contribution in [3.05, 3.63) is 162 Å². The van der Waals surface area contributed by atoms with E-state index in [2.05, 4.69) is 133 Å². The van der Waals surface area contributed by atoms with Crippen molar-refractivity contribution >= 4 is 49.2 Å². The van der Waals surface area contributed by atoms with Crippen LogP contribution in [-0.2, 0) is 0 Å². The summed E-state index contributed by atoms with van der Waals surface area (Å²) in [4.78, 5) is 0. The van der Waals surface area contributed by atoms with E-state index in [-0.39, 0.29) is 0 Å². The molecule has 0 radical (unpaired) electrons. The maximum absolute atomic E-state index is 6.45. The van der Waals surface area contributed by atoms with Crippen molar-refractivity contribution in [3.8, 4) is 0 Å². The van der Waals surface area contributed by atoms with Crippen LogP contribution < -0.4 is 5.73 Å². The Balaban J connectivity index is 1.68. The molecule has 1 nitrogen and oxygen atoms in total. The van der Waals surface area contributed by atoms with E-state index in [1.165, 1.54) is 60.3 Å². The summed E-state index contributed by atoms with van der Waals surface area (Å²) in [5.41, 5.74) is 14.5. The minimum atomic E-state index is 0.820. The normalized spacial score (nSPS) is 11.4. The first-order chi connectivity index (χ1) is 18.3. The SMILES string of the molecule is Nc1ccc2ccc3c(C(=C(c4ccccc4)c4ccccc4)c4ccccc4)ccc4ccc1c2c43.